The second-order valence-electron chi connectivity index (χ2n) is 14.2. The zero-order chi connectivity index (χ0) is 25.1. The number of carbonyl (C=O) groups is 1. The molecule has 2 saturated carbocycles. The Kier molecular flexibility index (Phi) is 6.74. The van der Waals surface area contributed by atoms with E-state index < -0.39 is 0 Å². The molecule has 4 rings (SSSR count). The maximum absolute atomic E-state index is 11.8. The molecule has 0 N–H and O–H groups in total. The molecule has 34 heavy (non-hydrogen) atoms. The van der Waals surface area contributed by atoms with E-state index >= 15 is 0 Å². The van der Waals surface area contributed by atoms with Gasteiger partial charge in [0, 0.05) is 12.3 Å². The van der Waals surface area contributed by atoms with Gasteiger partial charge in [-0.2, -0.15) is 0 Å². The fourth-order valence-electron chi connectivity index (χ4n) is 9.86. The van der Waals surface area contributed by atoms with Crippen LogP contribution in [0.15, 0.2) is 22.8 Å². The molecule has 7 atom stereocenters. The highest BCUT2D eigenvalue weighted by Gasteiger charge is 2.63. The van der Waals surface area contributed by atoms with Gasteiger partial charge in [0.2, 0.25) is 0 Å². The molecule has 0 bridgehead atoms. The standard InChI is InChI=1S/C32H52O2/c1-21(2)11-10-12-22(3)24-15-19-32(9)26-13-14-27-29(5,6)28(34-23(4)33)17-18-30(27,7)25(26)16-20-31(24,32)8/h11,22,24,27-28H,10,12-20H2,1-9H3/t22-,24-,27-,28?,30?,31-,32+/m0/s1. The van der Waals surface area contributed by atoms with Gasteiger partial charge >= 0.3 is 5.97 Å². The van der Waals surface area contributed by atoms with Crippen LogP contribution in [0.2, 0.25) is 0 Å². The zero-order valence-electron chi connectivity index (χ0n) is 23.8. The summed E-state index contributed by atoms with van der Waals surface area (Å²) in [4.78, 5) is 11.8. The first-order valence-corrected chi connectivity index (χ1v) is 14.3. The number of allylic oxidation sites excluding steroid dienone is 4. The molecule has 4 aliphatic carbocycles. The van der Waals surface area contributed by atoms with Crippen molar-refractivity contribution in [2.75, 3.05) is 0 Å². The van der Waals surface area contributed by atoms with Crippen LogP contribution in [0.1, 0.15) is 127 Å². The highest BCUT2D eigenvalue weighted by atomic mass is 16.5. The first kappa shape index (κ1) is 26.0. The van der Waals surface area contributed by atoms with Gasteiger partial charge in [0.1, 0.15) is 6.10 Å². The van der Waals surface area contributed by atoms with Crippen molar-refractivity contribution in [2.24, 2.45) is 39.4 Å². The second kappa shape index (κ2) is 8.81. The fraction of sp³-hybridized carbons (Fsp3) is 0.844. The Morgan fingerprint density at radius 1 is 0.971 bits per heavy atom. The number of rotatable bonds is 5. The number of fused-ring (bicyclic) bond motifs is 4. The van der Waals surface area contributed by atoms with Crippen LogP contribution in [0.5, 0.6) is 0 Å². The lowest BCUT2D eigenvalue weighted by Gasteiger charge is -2.62. The van der Waals surface area contributed by atoms with Crippen molar-refractivity contribution in [3.8, 4) is 0 Å². The van der Waals surface area contributed by atoms with Crippen LogP contribution < -0.4 is 0 Å². The molecule has 0 heterocycles. The highest BCUT2D eigenvalue weighted by Crippen LogP contribution is 2.72. The molecule has 192 valence electrons. The summed E-state index contributed by atoms with van der Waals surface area (Å²) in [6.45, 7) is 21.2. The van der Waals surface area contributed by atoms with Gasteiger partial charge in [-0.15, -0.1) is 0 Å². The van der Waals surface area contributed by atoms with E-state index in [1.54, 1.807) is 6.92 Å². The number of carbonyl (C=O) groups excluding carboxylic acids is 1. The third kappa shape index (κ3) is 3.85. The minimum Gasteiger partial charge on any atom is -0.462 e. The van der Waals surface area contributed by atoms with Crippen LogP contribution in [0.4, 0.5) is 0 Å². The molecular weight excluding hydrogens is 416 g/mol. The summed E-state index contributed by atoms with van der Waals surface area (Å²) >= 11 is 0. The Balaban J connectivity index is 1.63. The topological polar surface area (TPSA) is 26.3 Å². The van der Waals surface area contributed by atoms with E-state index in [-0.39, 0.29) is 22.9 Å². The summed E-state index contributed by atoms with van der Waals surface area (Å²) in [6.07, 6.45) is 15.2. The van der Waals surface area contributed by atoms with Crippen LogP contribution in [0.25, 0.3) is 0 Å². The number of ether oxygens (including phenoxy) is 1. The van der Waals surface area contributed by atoms with Gasteiger partial charge < -0.3 is 4.74 Å². The average molecular weight is 469 g/mol. The third-order valence-electron chi connectivity index (χ3n) is 11.9. The summed E-state index contributed by atoms with van der Waals surface area (Å²) in [6, 6.07) is 0. The van der Waals surface area contributed by atoms with Gasteiger partial charge in [-0.25, -0.2) is 0 Å². The lowest BCUT2D eigenvalue weighted by atomic mass is 9.43. The smallest absolute Gasteiger partial charge is 0.302 e. The zero-order valence-corrected chi connectivity index (χ0v) is 23.8. The minimum absolute atomic E-state index is 0.0382. The lowest BCUT2D eigenvalue weighted by molar-refractivity contribution is -0.167. The van der Waals surface area contributed by atoms with Crippen LogP contribution in [-0.2, 0) is 9.53 Å². The van der Waals surface area contributed by atoms with Gasteiger partial charge in [0.15, 0.2) is 0 Å². The lowest BCUT2D eigenvalue weighted by Crippen LogP contribution is -2.55. The number of hydrogen-bond acceptors (Lipinski definition) is 2. The SMILES string of the molecule is CC(=O)OC1CCC2(C)C3=C(CC[C@H]2C1(C)C)[C@@]1(C)CC[C@@H]([C@@H](C)CCC=C(C)C)[C@]1(C)CC3. The molecule has 0 radical (unpaired) electrons. The minimum atomic E-state index is -0.117. The summed E-state index contributed by atoms with van der Waals surface area (Å²) < 4.78 is 5.87. The molecule has 2 fully saturated rings. The van der Waals surface area contributed by atoms with Gasteiger partial charge in [0.05, 0.1) is 0 Å². The second-order valence-corrected chi connectivity index (χ2v) is 14.2. The van der Waals surface area contributed by atoms with Gasteiger partial charge in [-0.05, 0) is 112 Å². The predicted molar refractivity (Wildman–Crippen MR) is 142 cm³/mol. The number of hydrogen-bond donors (Lipinski definition) is 0. The molecule has 0 saturated heterocycles. The summed E-state index contributed by atoms with van der Waals surface area (Å²) in [5, 5.41) is 0. The largest absolute Gasteiger partial charge is 0.462 e. The Labute approximate surface area is 210 Å². The average Bonchev–Trinajstić information content (AvgIpc) is 3.01. The molecule has 0 aromatic carbocycles. The first-order chi connectivity index (χ1) is 15.8. The van der Waals surface area contributed by atoms with Gasteiger partial charge in [0.25, 0.3) is 0 Å². The van der Waals surface area contributed by atoms with Gasteiger partial charge in [-0.3, -0.25) is 4.79 Å². The van der Waals surface area contributed by atoms with Gasteiger partial charge in [-0.1, -0.05) is 64.3 Å². The monoisotopic (exact) mass is 468 g/mol. The van der Waals surface area contributed by atoms with E-state index in [9.17, 15) is 4.79 Å². The van der Waals surface area contributed by atoms with Crippen molar-refractivity contribution >= 4 is 5.97 Å². The molecule has 2 nitrogen and oxygen atoms in total. The molecule has 0 aliphatic heterocycles. The van der Waals surface area contributed by atoms with Crippen LogP contribution >= 0.6 is 0 Å². The molecule has 0 aromatic rings. The summed E-state index contributed by atoms with van der Waals surface area (Å²) in [5.41, 5.74) is 6.25. The molecule has 0 aromatic heterocycles. The van der Waals surface area contributed by atoms with E-state index in [4.69, 9.17) is 4.74 Å². The molecule has 2 heteroatoms. The van der Waals surface area contributed by atoms with E-state index in [2.05, 4.69) is 61.5 Å². The Hall–Kier alpha value is -1.05. The normalized spacial score (nSPS) is 41.7. The Bertz CT molecular complexity index is 873. The van der Waals surface area contributed by atoms with Crippen LogP contribution in [0.3, 0.4) is 0 Å². The maximum Gasteiger partial charge on any atom is 0.302 e. The predicted octanol–water partition coefficient (Wildman–Crippen LogP) is 9.05. The van der Waals surface area contributed by atoms with E-state index in [1.807, 2.05) is 11.1 Å². The van der Waals surface area contributed by atoms with Crippen molar-refractivity contribution in [3.05, 3.63) is 22.8 Å². The summed E-state index contributed by atoms with van der Waals surface area (Å²) in [5.74, 6) is 2.13. The van der Waals surface area contributed by atoms with Crippen molar-refractivity contribution in [1.82, 2.24) is 0 Å². The number of esters is 1. The molecule has 0 amide bonds. The van der Waals surface area contributed by atoms with E-state index in [0.29, 0.717) is 16.7 Å². The Morgan fingerprint density at radius 2 is 1.68 bits per heavy atom. The van der Waals surface area contributed by atoms with Crippen LogP contribution in [0, 0.1) is 39.4 Å². The molecule has 0 spiro atoms. The summed E-state index contributed by atoms with van der Waals surface area (Å²) in [7, 11) is 0. The molecular formula is C32H52O2. The van der Waals surface area contributed by atoms with Crippen LogP contribution in [-0.4, -0.2) is 12.1 Å². The molecule has 2 unspecified atom stereocenters. The first-order valence-electron chi connectivity index (χ1n) is 14.3. The fourth-order valence-corrected chi connectivity index (χ4v) is 9.86. The van der Waals surface area contributed by atoms with Crippen molar-refractivity contribution in [3.63, 3.8) is 0 Å². The maximum atomic E-state index is 11.8. The van der Waals surface area contributed by atoms with E-state index in [1.165, 1.54) is 63.4 Å². The van der Waals surface area contributed by atoms with Crippen molar-refractivity contribution in [1.29, 1.82) is 0 Å². The Morgan fingerprint density at radius 3 is 2.32 bits per heavy atom. The quantitative estimate of drug-likeness (QED) is 0.297. The van der Waals surface area contributed by atoms with Crippen molar-refractivity contribution in [2.45, 2.75) is 133 Å². The highest BCUT2D eigenvalue weighted by molar-refractivity contribution is 5.66. The third-order valence-corrected chi connectivity index (χ3v) is 11.9. The molecule has 4 aliphatic rings. The van der Waals surface area contributed by atoms with Crippen molar-refractivity contribution < 1.29 is 9.53 Å². The van der Waals surface area contributed by atoms with E-state index in [0.717, 1.165) is 18.3 Å².